The van der Waals surface area contributed by atoms with E-state index in [0.717, 1.165) is 5.56 Å². The van der Waals surface area contributed by atoms with Crippen LogP contribution in [0.3, 0.4) is 0 Å². The number of aliphatic hydroxyl groups excluding tert-OH is 1. The molecule has 1 N–H and O–H groups in total. The molecule has 132 valence electrons. The minimum Gasteiger partial charge on any atom is -0.450 e. The topological polar surface area (TPSA) is 83.6 Å². The van der Waals surface area contributed by atoms with Crippen molar-refractivity contribution in [3.05, 3.63) is 74.9 Å². The van der Waals surface area contributed by atoms with Crippen molar-refractivity contribution >= 4 is 28.5 Å². The molecule has 1 aliphatic heterocycles. The van der Waals surface area contributed by atoms with E-state index in [9.17, 15) is 14.7 Å². The lowest BCUT2D eigenvalue weighted by Gasteiger charge is -2.24. The zero-order valence-corrected chi connectivity index (χ0v) is 14.4. The molecular formula is C19H15ClN2O4. The van der Waals surface area contributed by atoms with Crippen molar-refractivity contribution in [1.82, 2.24) is 9.88 Å². The molecule has 1 aliphatic rings. The predicted octanol–water partition coefficient (Wildman–Crippen LogP) is 2.77. The number of carbonyl (C=O) groups excluding carboxylic acids is 1. The third-order valence-electron chi connectivity index (χ3n) is 4.51. The SMILES string of the molecule is O=C1c2oc3ccc(Cl)cc3c(=O)c2C(c2ccncc2)N1CCCO. The molecule has 26 heavy (non-hydrogen) atoms. The van der Waals surface area contributed by atoms with Crippen molar-refractivity contribution < 1.29 is 14.3 Å². The van der Waals surface area contributed by atoms with E-state index >= 15 is 0 Å². The lowest BCUT2D eigenvalue weighted by Crippen LogP contribution is -2.31. The lowest BCUT2D eigenvalue weighted by atomic mass is 9.99. The molecule has 0 saturated heterocycles. The van der Waals surface area contributed by atoms with Gasteiger partial charge in [0.2, 0.25) is 5.76 Å². The van der Waals surface area contributed by atoms with E-state index in [4.69, 9.17) is 16.0 Å². The zero-order chi connectivity index (χ0) is 18.3. The van der Waals surface area contributed by atoms with Crippen LogP contribution < -0.4 is 5.43 Å². The molecule has 0 aliphatic carbocycles. The van der Waals surface area contributed by atoms with E-state index in [1.54, 1.807) is 47.6 Å². The van der Waals surface area contributed by atoms with Crippen molar-refractivity contribution in [3.8, 4) is 0 Å². The van der Waals surface area contributed by atoms with Gasteiger partial charge in [0.05, 0.1) is 17.0 Å². The molecule has 3 aromatic rings. The number of nitrogens with zero attached hydrogens (tertiary/aromatic N) is 2. The van der Waals surface area contributed by atoms with Crippen LogP contribution in [0.4, 0.5) is 0 Å². The number of fused-ring (bicyclic) bond motifs is 2. The Hall–Kier alpha value is -2.70. The molecule has 0 fully saturated rings. The molecule has 4 rings (SSSR count). The second-order valence-electron chi connectivity index (χ2n) is 6.07. The van der Waals surface area contributed by atoms with Gasteiger partial charge >= 0.3 is 0 Å². The highest BCUT2D eigenvalue weighted by Crippen LogP contribution is 2.38. The van der Waals surface area contributed by atoms with Gasteiger partial charge in [-0.1, -0.05) is 11.6 Å². The van der Waals surface area contributed by atoms with Crippen LogP contribution in [0, 0.1) is 0 Å². The summed E-state index contributed by atoms with van der Waals surface area (Å²) in [4.78, 5) is 31.6. The quantitative estimate of drug-likeness (QED) is 0.763. The monoisotopic (exact) mass is 370 g/mol. The van der Waals surface area contributed by atoms with Crippen LogP contribution in [0.15, 0.2) is 51.9 Å². The van der Waals surface area contributed by atoms with Gasteiger partial charge in [0.15, 0.2) is 5.43 Å². The first-order valence-corrected chi connectivity index (χ1v) is 8.57. The summed E-state index contributed by atoms with van der Waals surface area (Å²) in [5.74, 6) is -0.311. The van der Waals surface area contributed by atoms with Gasteiger partial charge in [0.25, 0.3) is 5.91 Å². The van der Waals surface area contributed by atoms with Gasteiger partial charge in [-0.05, 0) is 42.3 Å². The maximum Gasteiger partial charge on any atom is 0.290 e. The summed E-state index contributed by atoms with van der Waals surface area (Å²) in [6.07, 6.45) is 3.63. The molecule has 1 aromatic carbocycles. The molecule has 1 amide bonds. The summed E-state index contributed by atoms with van der Waals surface area (Å²) in [5, 5.41) is 9.94. The normalized spacial score (nSPS) is 16.3. The van der Waals surface area contributed by atoms with Crippen molar-refractivity contribution in [2.75, 3.05) is 13.2 Å². The van der Waals surface area contributed by atoms with Crippen LogP contribution in [0.25, 0.3) is 11.0 Å². The lowest BCUT2D eigenvalue weighted by molar-refractivity contribution is 0.0716. The Kier molecular flexibility index (Phi) is 4.22. The van der Waals surface area contributed by atoms with Gasteiger partial charge in [-0.2, -0.15) is 0 Å². The van der Waals surface area contributed by atoms with Crippen molar-refractivity contribution in [1.29, 1.82) is 0 Å². The van der Waals surface area contributed by atoms with Gasteiger partial charge in [-0.3, -0.25) is 14.6 Å². The van der Waals surface area contributed by atoms with Crippen LogP contribution in [0.1, 0.15) is 34.1 Å². The second-order valence-corrected chi connectivity index (χ2v) is 6.51. The summed E-state index contributed by atoms with van der Waals surface area (Å²) in [6.45, 7) is 0.255. The van der Waals surface area contributed by atoms with E-state index in [0.29, 0.717) is 34.5 Å². The maximum atomic E-state index is 13.2. The zero-order valence-electron chi connectivity index (χ0n) is 13.7. The smallest absolute Gasteiger partial charge is 0.290 e. The first kappa shape index (κ1) is 16.8. The van der Waals surface area contributed by atoms with Crippen molar-refractivity contribution in [3.63, 3.8) is 0 Å². The van der Waals surface area contributed by atoms with Gasteiger partial charge in [-0.25, -0.2) is 0 Å². The fourth-order valence-corrected chi connectivity index (χ4v) is 3.53. The summed E-state index contributed by atoms with van der Waals surface area (Å²) >= 11 is 6.03. The van der Waals surface area contributed by atoms with E-state index < -0.39 is 6.04 Å². The van der Waals surface area contributed by atoms with Crippen molar-refractivity contribution in [2.24, 2.45) is 0 Å². The predicted molar refractivity (Wildman–Crippen MR) is 96.3 cm³/mol. The Morgan fingerprint density at radius 3 is 2.69 bits per heavy atom. The first-order chi connectivity index (χ1) is 12.6. The Morgan fingerprint density at radius 2 is 1.96 bits per heavy atom. The fourth-order valence-electron chi connectivity index (χ4n) is 3.36. The number of carbonyl (C=O) groups is 1. The van der Waals surface area contributed by atoms with Gasteiger partial charge in [0, 0.05) is 30.6 Å². The Balaban J connectivity index is 1.98. The Labute approximate surface area is 153 Å². The van der Waals surface area contributed by atoms with Crippen LogP contribution >= 0.6 is 11.6 Å². The molecule has 0 bridgehead atoms. The fraction of sp³-hybridized carbons (Fsp3) is 0.211. The number of halogens is 1. The maximum absolute atomic E-state index is 13.2. The molecule has 0 radical (unpaired) electrons. The van der Waals surface area contributed by atoms with Crippen LogP contribution in [0.5, 0.6) is 0 Å². The largest absolute Gasteiger partial charge is 0.450 e. The number of aromatic nitrogens is 1. The third-order valence-corrected chi connectivity index (χ3v) is 4.74. The first-order valence-electron chi connectivity index (χ1n) is 8.20. The number of aliphatic hydroxyl groups is 1. The van der Waals surface area contributed by atoms with E-state index in [-0.39, 0.29) is 23.7 Å². The number of hydrogen-bond acceptors (Lipinski definition) is 5. The third kappa shape index (κ3) is 2.58. The minimum absolute atomic E-state index is 0.0459. The van der Waals surface area contributed by atoms with E-state index in [1.165, 1.54) is 0 Å². The summed E-state index contributed by atoms with van der Waals surface area (Å²) in [7, 11) is 0. The molecule has 1 unspecified atom stereocenters. The molecule has 2 aromatic heterocycles. The number of pyridine rings is 1. The van der Waals surface area contributed by atoms with Gasteiger partial charge in [0.1, 0.15) is 5.58 Å². The molecule has 0 spiro atoms. The highest BCUT2D eigenvalue weighted by atomic mass is 35.5. The minimum atomic E-state index is -0.577. The second kappa shape index (κ2) is 6.55. The van der Waals surface area contributed by atoms with Crippen LogP contribution in [-0.2, 0) is 0 Å². The van der Waals surface area contributed by atoms with Crippen LogP contribution in [-0.4, -0.2) is 34.0 Å². The molecule has 1 atom stereocenters. The highest BCUT2D eigenvalue weighted by molar-refractivity contribution is 6.31. The number of hydrogen-bond donors (Lipinski definition) is 1. The number of rotatable bonds is 4. The average molecular weight is 371 g/mol. The summed E-state index contributed by atoms with van der Waals surface area (Å²) in [6, 6.07) is 7.70. The Bertz CT molecular complexity index is 1050. The average Bonchev–Trinajstić information content (AvgIpc) is 2.94. The Morgan fingerprint density at radius 1 is 1.19 bits per heavy atom. The highest BCUT2D eigenvalue weighted by Gasteiger charge is 2.42. The number of benzene rings is 1. The number of amides is 1. The molecule has 6 nitrogen and oxygen atoms in total. The van der Waals surface area contributed by atoms with Crippen LogP contribution in [0.2, 0.25) is 5.02 Å². The van der Waals surface area contributed by atoms with Gasteiger partial charge in [-0.15, -0.1) is 0 Å². The van der Waals surface area contributed by atoms with E-state index in [1.807, 2.05) is 0 Å². The van der Waals surface area contributed by atoms with Crippen molar-refractivity contribution in [2.45, 2.75) is 12.5 Å². The molecular weight excluding hydrogens is 356 g/mol. The van der Waals surface area contributed by atoms with E-state index in [2.05, 4.69) is 4.98 Å². The summed E-state index contributed by atoms with van der Waals surface area (Å²) < 4.78 is 5.79. The van der Waals surface area contributed by atoms with Gasteiger partial charge < -0.3 is 14.4 Å². The molecule has 0 saturated carbocycles. The summed E-state index contributed by atoms with van der Waals surface area (Å²) in [5.41, 5.74) is 1.11. The standard InChI is InChI=1S/C19H15ClN2O4/c20-12-2-3-14-13(10-12)17(24)15-16(11-4-6-21-7-5-11)22(8-1-9-23)19(25)18(15)26-14/h2-7,10,16,23H,1,8-9H2. The molecule has 7 heteroatoms. The molecule has 3 heterocycles.